The first kappa shape index (κ1) is 19.2. The molecule has 154 valence electrons. The highest BCUT2D eigenvalue weighted by Gasteiger charge is 2.26. The summed E-state index contributed by atoms with van der Waals surface area (Å²) in [7, 11) is 3.09. The van der Waals surface area contributed by atoms with Crippen molar-refractivity contribution < 1.29 is 14.3 Å². The van der Waals surface area contributed by atoms with Crippen molar-refractivity contribution in [1.82, 2.24) is 24.1 Å². The van der Waals surface area contributed by atoms with Crippen molar-refractivity contribution in [1.29, 1.82) is 0 Å². The van der Waals surface area contributed by atoms with E-state index in [9.17, 15) is 9.59 Å². The standard InChI is InChI=1S/C20H25N5O4/c1-12-5-13(2)9-23(8-12)18(26)10-25-20(27)24-11-21-15-7-17(29-4)16(28-3)6-14(15)19(24)22-25/h6-7,11-13H,5,8-10H2,1-4H3/t12-,13-/m0/s1. The van der Waals surface area contributed by atoms with Gasteiger partial charge in [-0.25, -0.2) is 18.9 Å². The first-order chi connectivity index (χ1) is 13.9. The maximum absolute atomic E-state index is 12.8. The van der Waals surface area contributed by atoms with Crippen LogP contribution in [-0.2, 0) is 11.3 Å². The Morgan fingerprint density at radius 2 is 1.79 bits per heavy atom. The lowest BCUT2D eigenvalue weighted by atomic mass is 9.92. The van der Waals surface area contributed by atoms with Gasteiger partial charge in [0.25, 0.3) is 0 Å². The third kappa shape index (κ3) is 3.41. The van der Waals surface area contributed by atoms with Crippen LogP contribution in [-0.4, -0.2) is 57.3 Å². The van der Waals surface area contributed by atoms with Crippen LogP contribution in [0.15, 0.2) is 23.3 Å². The van der Waals surface area contributed by atoms with Gasteiger partial charge < -0.3 is 14.4 Å². The SMILES string of the molecule is COc1cc2ncn3c(=O)n(CC(=O)N4C[C@@H](C)C[C@H](C)C4)nc3c2cc1OC. The van der Waals surface area contributed by atoms with E-state index in [4.69, 9.17) is 9.47 Å². The Bertz CT molecular complexity index is 1130. The summed E-state index contributed by atoms with van der Waals surface area (Å²) in [4.78, 5) is 31.8. The second-order valence-electron chi connectivity index (χ2n) is 7.85. The van der Waals surface area contributed by atoms with E-state index in [1.54, 1.807) is 26.4 Å². The molecule has 1 amide bonds. The minimum Gasteiger partial charge on any atom is -0.493 e. The molecule has 1 saturated heterocycles. The molecule has 1 fully saturated rings. The van der Waals surface area contributed by atoms with Gasteiger partial charge in [-0.3, -0.25) is 4.79 Å². The molecule has 0 saturated carbocycles. The van der Waals surface area contributed by atoms with Crippen molar-refractivity contribution >= 4 is 22.5 Å². The van der Waals surface area contributed by atoms with E-state index in [2.05, 4.69) is 23.9 Å². The summed E-state index contributed by atoms with van der Waals surface area (Å²) in [5, 5.41) is 5.07. The second-order valence-corrected chi connectivity index (χ2v) is 7.85. The van der Waals surface area contributed by atoms with Gasteiger partial charge in [0, 0.05) is 24.5 Å². The summed E-state index contributed by atoms with van der Waals surface area (Å²) in [5.74, 6) is 1.88. The van der Waals surface area contributed by atoms with E-state index >= 15 is 0 Å². The highest BCUT2D eigenvalue weighted by molar-refractivity contribution is 5.93. The third-order valence-corrected chi connectivity index (χ3v) is 5.43. The molecule has 3 aromatic rings. The minimum absolute atomic E-state index is 0.0886. The van der Waals surface area contributed by atoms with Crippen molar-refractivity contribution in [2.75, 3.05) is 27.3 Å². The van der Waals surface area contributed by atoms with E-state index in [0.717, 1.165) is 6.42 Å². The van der Waals surface area contributed by atoms with Gasteiger partial charge in [-0.15, -0.1) is 5.10 Å². The number of fused-ring (bicyclic) bond motifs is 3. The number of rotatable bonds is 4. The Kier molecular flexibility index (Phi) is 4.89. The number of carbonyl (C=O) groups excluding carboxylic acids is 1. The van der Waals surface area contributed by atoms with Gasteiger partial charge in [-0.05, 0) is 24.3 Å². The second kappa shape index (κ2) is 7.38. The summed E-state index contributed by atoms with van der Waals surface area (Å²) in [6, 6.07) is 3.47. The fourth-order valence-electron chi connectivity index (χ4n) is 4.18. The van der Waals surface area contributed by atoms with Crippen molar-refractivity contribution in [2.45, 2.75) is 26.8 Å². The number of piperidine rings is 1. The van der Waals surface area contributed by atoms with Gasteiger partial charge in [0.15, 0.2) is 17.1 Å². The number of likely N-dealkylation sites (tertiary alicyclic amines) is 1. The van der Waals surface area contributed by atoms with Crippen molar-refractivity contribution in [3.8, 4) is 11.5 Å². The van der Waals surface area contributed by atoms with Crippen LogP contribution < -0.4 is 15.2 Å². The maximum atomic E-state index is 12.8. The van der Waals surface area contributed by atoms with E-state index in [1.165, 1.54) is 15.4 Å². The summed E-state index contributed by atoms with van der Waals surface area (Å²) in [6.45, 7) is 5.63. The lowest BCUT2D eigenvalue weighted by molar-refractivity contribution is -0.134. The summed E-state index contributed by atoms with van der Waals surface area (Å²) in [6.07, 6.45) is 2.53. The van der Waals surface area contributed by atoms with Crippen molar-refractivity contribution in [3.05, 3.63) is 28.9 Å². The quantitative estimate of drug-likeness (QED) is 0.661. The fourth-order valence-corrected chi connectivity index (χ4v) is 4.18. The molecule has 29 heavy (non-hydrogen) atoms. The Morgan fingerprint density at radius 1 is 1.14 bits per heavy atom. The fraction of sp³-hybridized carbons (Fsp3) is 0.500. The third-order valence-electron chi connectivity index (χ3n) is 5.43. The van der Waals surface area contributed by atoms with Gasteiger partial charge in [-0.1, -0.05) is 13.8 Å². The molecule has 9 nitrogen and oxygen atoms in total. The van der Waals surface area contributed by atoms with Gasteiger partial charge in [0.05, 0.1) is 19.7 Å². The zero-order valence-corrected chi connectivity index (χ0v) is 17.1. The van der Waals surface area contributed by atoms with Crippen LogP contribution in [0.2, 0.25) is 0 Å². The van der Waals surface area contributed by atoms with Crippen LogP contribution >= 0.6 is 0 Å². The molecule has 2 aromatic heterocycles. The lowest BCUT2D eigenvalue weighted by Gasteiger charge is -2.34. The lowest BCUT2D eigenvalue weighted by Crippen LogP contribution is -2.45. The van der Waals surface area contributed by atoms with Crippen LogP contribution in [0.25, 0.3) is 16.6 Å². The van der Waals surface area contributed by atoms with E-state index in [-0.39, 0.29) is 12.5 Å². The van der Waals surface area contributed by atoms with Gasteiger partial charge in [0.1, 0.15) is 12.9 Å². The first-order valence-corrected chi connectivity index (χ1v) is 9.69. The highest BCUT2D eigenvalue weighted by atomic mass is 16.5. The molecule has 0 unspecified atom stereocenters. The number of amides is 1. The normalized spacial score (nSPS) is 19.7. The number of hydrogen-bond donors (Lipinski definition) is 0. The Morgan fingerprint density at radius 3 is 2.45 bits per heavy atom. The molecular formula is C20H25N5O4. The van der Waals surface area contributed by atoms with Crippen LogP contribution in [0.1, 0.15) is 20.3 Å². The first-order valence-electron chi connectivity index (χ1n) is 9.69. The number of aromatic nitrogens is 4. The molecule has 4 rings (SSSR count). The predicted molar refractivity (Wildman–Crippen MR) is 107 cm³/mol. The number of hydrogen-bond acceptors (Lipinski definition) is 6. The average molecular weight is 399 g/mol. The van der Waals surface area contributed by atoms with Gasteiger partial charge >= 0.3 is 5.69 Å². The van der Waals surface area contributed by atoms with Crippen LogP contribution in [0.5, 0.6) is 11.5 Å². The molecular weight excluding hydrogens is 374 g/mol. The highest BCUT2D eigenvalue weighted by Crippen LogP contribution is 2.32. The molecule has 0 radical (unpaired) electrons. The predicted octanol–water partition coefficient (Wildman–Crippen LogP) is 1.57. The topological polar surface area (TPSA) is 91.0 Å². The number of carbonyl (C=O) groups is 1. The van der Waals surface area contributed by atoms with Crippen LogP contribution in [0.4, 0.5) is 0 Å². The monoisotopic (exact) mass is 399 g/mol. The minimum atomic E-state index is -0.393. The van der Waals surface area contributed by atoms with Crippen LogP contribution in [0, 0.1) is 11.8 Å². The van der Waals surface area contributed by atoms with E-state index in [0.29, 0.717) is 53.0 Å². The van der Waals surface area contributed by atoms with Gasteiger partial charge in [-0.2, -0.15) is 0 Å². The smallest absolute Gasteiger partial charge is 0.352 e. The molecule has 1 aromatic carbocycles. The zero-order chi connectivity index (χ0) is 20.7. The molecule has 0 spiro atoms. The summed E-state index contributed by atoms with van der Waals surface area (Å²) >= 11 is 0. The van der Waals surface area contributed by atoms with E-state index in [1.807, 2.05) is 4.90 Å². The summed E-state index contributed by atoms with van der Waals surface area (Å²) in [5.41, 5.74) is 0.655. The van der Waals surface area contributed by atoms with Crippen molar-refractivity contribution in [3.63, 3.8) is 0 Å². The van der Waals surface area contributed by atoms with Crippen LogP contribution in [0.3, 0.4) is 0 Å². The average Bonchev–Trinajstić information content (AvgIpc) is 3.02. The molecule has 0 bridgehead atoms. The molecule has 0 aliphatic carbocycles. The molecule has 1 aliphatic heterocycles. The molecule has 0 N–H and O–H groups in total. The number of benzene rings is 1. The molecule has 3 heterocycles. The number of methoxy groups -OCH3 is 2. The molecule has 2 atom stereocenters. The number of ether oxygens (including phenoxy) is 2. The Hall–Kier alpha value is -3.10. The van der Waals surface area contributed by atoms with Gasteiger partial charge in [0.2, 0.25) is 5.91 Å². The van der Waals surface area contributed by atoms with Crippen molar-refractivity contribution in [2.24, 2.45) is 11.8 Å². The number of nitrogens with zero attached hydrogens (tertiary/aromatic N) is 5. The Balaban J connectivity index is 1.72. The Labute approximate surface area is 167 Å². The van der Waals surface area contributed by atoms with E-state index < -0.39 is 5.69 Å². The largest absolute Gasteiger partial charge is 0.493 e. The maximum Gasteiger partial charge on any atom is 0.352 e. The summed E-state index contributed by atoms with van der Waals surface area (Å²) < 4.78 is 13.2. The zero-order valence-electron chi connectivity index (χ0n) is 17.1. The molecule has 9 heteroatoms. The molecule has 1 aliphatic rings.